The molecule has 0 bridgehead atoms. The van der Waals surface area contributed by atoms with Gasteiger partial charge in [0, 0.05) is 5.75 Å². The van der Waals surface area contributed by atoms with Gasteiger partial charge in [-0.3, -0.25) is 4.57 Å². The maximum Gasteiger partial charge on any atom is 0.174 e. The van der Waals surface area contributed by atoms with Gasteiger partial charge < -0.3 is 0 Å². The Bertz CT molecular complexity index is 1630. The van der Waals surface area contributed by atoms with Gasteiger partial charge in [0.25, 0.3) is 0 Å². The maximum atomic E-state index is 5.07. The third kappa shape index (κ3) is 3.39. The second-order valence-corrected chi connectivity index (χ2v) is 9.75. The summed E-state index contributed by atoms with van der Waals surface area (Å²) in [4.78, 5) is 5.07. The first-order valence-electron chi connectivity index (χ1n) is 11.8. The molecule has 0 amide bonds. The van der Waals surface area contributed by atoms with E-state index >= 15 is 0 Å². The van der Waals surface area contributed by atoms with Crippen LogP contribution in [-0.4, -0.2) is 9.55 Å². The van der Waals surface area contributed by atoms with Crippen molar-refractivity contribution in [2.24, 2.45) is 0 Å². The first-order valence-corrected chi connectivity index (χ1v) is 12.8. The molecule has 35 heavy (non-hydrogen) atoms. The van der Waals surface area contributed by atoms with Crippen LogP contribution in [0, 0.1) is 0 Å². The molecule has 5 aromatic carbocycles. The number of imidazole rings is 1. The quantitative estimate of drug-likeness (QED) is 0.260. The molecule has 0 unspecified atom stereocenters. The Labute approximate surface area is 208 Å². The van der Waals surface area contributed by atoms with Gasteiger partial charge in [-0.05, 0) is 57.1 Å². The predicted molar refractivity (Wildman–Crippen MR) is 147 cm³/mol. The van der Waals surface area contributed by atoms with E-state index in [0.717, 1.165) is 21.9 Å². The Kier molecular flexibility index (Phi) is 4.81. The zero-order chi connectivity index (χ0) is 23.2. The summed E-state index contributed by atoms with van der Waals surface area (Å²) in [6.07, 6.45) is 0. The Hall–Kier alpha value is -4.08. The van der Waals surface area contributed by atoms with Crippen molar-refractivity contribution < 1.29 is 0 Å². The molecule has 0 radical (unpaired) electrons. The van der Waals surface area contributed by atoms with Crippen LogP contribution in [0.25, 0.3) is 50.1 Å². The summed E-state index contributed by atoms with van der Waals surface area (Å²) >= 11 is 1.81. The molecule has 166 valence electrons. The lowest BCUT2D eigenvalue weighted by atomic mass is 9.87. The van der Waals surface area contributed by atoms with E-state index in [-0.39, 0.29) is 0 Å². The number of fused-ring (bicyclic) bond motifs is 5. The predicted octanol–water partition coefficient (Wildman–Crippen LogP) is 8.63. The molecule has 7 rings (SSSR count). The summed E-state index contributed by atoms with van der Waals surface area (Å²) in [6, 6.07) is 43.3. The van der Waals surface area contributed by atoms with Gasteiger partial charge in [0.1, 0.15) is 0 Å². The highest BCUT2D eigenvalue weighted by Gasteiger charge is 2.21. The van der Waals surface area contributed by atoms with Gasteiger partial charge in [0.2, 0.25) is 0 Å². The molecule has 6 aromatic rings. The second-order valence-electron chi connectivity index (χ2n) is 8.81. The van der Waals surface area contributed by atoms with E-state index in [0.29, 0.717) is 0 Å². The lowest BCUT2D eigenvalue weighted by Crippen LogP contribution is -2.05. The van der Waals surface area contributed by atoms with E-state index in [1.807, 2.05) is 11.8 Å². The van der Waals surface area contributed by atoms with Gasteiger partial charge in [-0.25, -0.2) is 4.98 Å². The third-order valence-electron chi connectivity index (χ3n) is 6.74. The molecule has 1 aliphatic rings. The highest BCUT2D eigenvalue weighted by molar-refractivity contribution is 7.98. The normalized spacial score (nSPS) is 12.3. The van der Waals surface area contributed by atoms with Crippen LogP contribution in [0.15, 0.2) is 126 Å². The van der Waals surface area contributed by atoms with Crippen LogP contribution in [-0.2, 0) is 5.75 Å². The van der Waals surface area contributed by atoms with Gasteiger partial charge in [-0.1, -0.05) is 115 Å². The standard InChI is InChI=1S/C32H22N2S/c1-3-10-22(11-4-1)26-15-9-16-27(23-12-5-2-6-13-23)31(26)24-18-19-30-28(20-24)33-32-34(30)29-17-8-7-14-25(29)21-35-32/h1-20H,21H2. The van der Waals surface area contributed by atoms with E-state index < -0.39 is 0 Å². The van der Waals surface area contributed by atoms with Crippen LogP contribution >= 0.6 is 11.8 Å². The molecule has 0 N–H and O–H groups in total. The number of thioether (sulfide) groups is 1. The fraction of sp³-hybridized carbons (Fsp3) is 0.0312. The number of hydrogen-bond donors (Lipinski definition) is 0. The van der Waals surface area contributed by atoms with E-state index in [1.165, 1.54) is 44.6 Å². The number of rotatable bonds is 3. The average molecular weight is 467 g/mol. The van der Waals surface area contributed by atoms with Gasteiger partial charge in [-0.2, -0.15) is 0 Å². The van der Waals surface area contributed by atoms with Crippen LogP contribution in [0.2, 0.25) is 0 Å². The van der Waals surface area contributed by atoms with Crippen molar-refractivity contribution >= 4 is 22.8 Å². The fourth-order valence-electron chi connectivity index (χ4n) is 5.12. The summed E-state index contributed by atoms with van der Waals surface area (Å²) in [5.74, 6) is 0.960. The molecule has 0 saturated heterocycles. The SMILES string of the molecule is c1ccc(-c2cccc(-c3ccccc3)c2-c2ccc3c(c2)nc2n3-c3ccccc3CS2)cc1. The number of nitrogens with zero attached hydrogens (tertiary/aromatic N) is 2. The highest BCUT2D eigenvalue weighted by atomic mass is 32.2. The average Bonchev–Trinajstić information content (AvgIpc) is 3.32. The van der Waals surface area contributed by atoms with Gasteiger partial charge in [0.05, 0.1) is 16.7 Å². The molecule has 0 fully saturated rings. The minimum absolute atomic E-state index is 0.960. The summed E-state index contributed by atoms with van der Waals surface area (Å²) in [5, 5.41) is 1.07. The molecule has 0 atom stereocenters. The van der Waals surface area contributed by atoms with E-state index in [9.17, 15) is 0 Å². The van der Waals surface area contributed by atoms with Crippen molar-refractivity contribution in [1.29, 1.82) is 0 Å². The van der Waals surface area contributed by atoms with Gasteiger partial charge in [0.15, 0.2) is 5.16 Å². The molecule has 0 aliphatic carbocycles. The number of aromatic nitrogens is 2. The molecule has 1 aliphatic heterocycles. The van der Waals surface area contributed by atoms with Crippen molar-refractivity contribution in [3.63, 3.8) is 0 Å². The first kappa shape index (κ1) is 20.3. The number of hydrogen-bond acceptors (Lipinski definition) is 2. The van der Waals surface area contributed by atoms with E-state index in [1.54, 1.807) is 0 Å². The Balaban J connectivity index is 1.48. The topological polar surface area (TPSA) is 17.8 Å². The maximum absolute atomic E-state index is 5.07. The van der Waals surface area contributed by atoms with Crippen LogP contribution in [0.5, 0.6) is 0 Å². The van der Waals surface area contributed by atoms with Gasteiger partial charge >= 0.3 is 0 Å². The van der Waals surface area contributed by atoms with Crippen molar-refractivity contribution in [1.82, 2.24) is 9.55 Å². The smallest absolute Gasteiger partial charge is 0.174 e. The van der Waals surface area contributed by atoms with Crippen LogP contribution < -0.4 is 0 Å². The molecular formula is C32H22N2S. The molecule has 2 heterocycles. The molecule has 1 aromatic heterocycles. The lowest BCUT2D eigenvalue weighted by molar-refractivity contribution is 0.894. The zero-order valence-electron chi connectivity index (χ0n) is 19.1. The number of para-hydroxylation sites is 1. The molecular weight excluding hydrogens is 444 g/mol. The monoisotopic (exact) mass is 466 g/mol. The highest BCUT2D eigenvalue weighted by Crippen LogP contribution is 2.42. The molecule has 3 heteroatoms. The van der Waals surface area contributed by atoms with Crippen molar-refractivity contribution in [2.45, 2.75) is 10.9 Å². The minimum Gasteiger partial charge on any atom is -0.287 e. The first-order chi connectivity index (χ1) is 17.4. The Morgan fingerprint density at radius 1 is 0.600 bits per heavy atom. The van der Waals surface area contributed by atoms with Crippen LogP contribution in [0.4, 0.5) is 0 Å². The molecule has 2 nitrogen and oxygen atoms in total. The third-order valence-corrected chi connectivity index (χ3v) is 7.72. The second kappa shape index (κ2) is 8.30. The van der Waals surface area contributed by atoms with Gasteiger partial charge in [-0.15, -0.1) is 0 Å². The summed E-state index contributed by atoms with van der Waals surface area (Å²) < 4.78 is 2.31. The van der Waals surface area contributed by atoms with Crippen molar-refractivity contribution in [2.75, 3.05) is 0 Å². The largest absolute Gasteiger partial charge is 0.287 e. The summed E-state index contributed by atoms with van der Waals surface area (Å²) in [6.45, 7) is 0. The van der Waals surface area contributed by atoms with Crippen LogP contribution in [0.3, 0.4) is 0 Å². The molecule has 0 saturated carbocycles. The lowest BCUT2D eigenvalue weighted by Gasteiger charge is -2.18. The molecule has 0 spiro atoms. The summed E-state index contributed by atoms with van der Waals surface area (Å²) in [7, 11) is 0. The Morgan fingerprint density at radius 2 is 1.26 bits per heavy atom. The Morgan fingerprint density at radius 3 is 1.97 bits per heavy atom. The van der Waals surface area contributed by atoms with Crippen molar-refractivity contribution in [3.8, 4) is 39.1 Å². The van der Waals surface area contributed by atoms with E-state index in [4.69, 9.17) is 4.98 Å². The fourth-order valence-corrected chi connectivity index (χ4v) is 6.13. The van der Waals surface area contributed by atoms with E-state index in [2.05, 4.69) is 126 Å². The summed E-state index contributed by atoms with van der Waals surface area (Å²) in [5.41, 5.74) is 12.1. The number of benzene rings is 5. The minimum atomic E-state index is 0.960. The zero-order valence-corrected chi connectivity index (χ0v) is 19.9. The van der Waals surface area contributed by atoms with Crippen LogP contribution in [0.1, 0.15) is 5.56 Å². The van der Waals surface area contributed by atoms with Crippen molar-refractivity contribution in [3.05, 3.63) is 127 Å².